The fraction of sp³-hybridized carbons (Fsp3) is 0.188. The Morgan fingerprint density at radius 3 is 2.59 bits per heavy atom. The van der Waals surface area contributed by atoms with Gasteiger partial charge in [-0.3, -0.25) is 0 Å². The number of hydrogen-bond donors (Lipinski definition) is 1. The van der Waals surface area contributed by atoms with Crippen molar-refractivity contribution < 1.29 is 18.3 Å². The van der Waals surface area contributed by atoms with Crippen molar-refractivity contribution in [1.29, 1.82) is 0 Å². The number of aliphatic hydroxyl groups is 1. The molecule has 0 saturated carbocycles. The zero-order valence-corrected chi connectivity index (χ0v) is 12.4. The summed E-state index contributed by atoms with van der Waals surface area (Å²) < 4.78 is 40.4. The number of benzene rings is 1. The van der Waals surface area contributed by atoms with E-state index in [2.05, 4.69) is 4.98 Å². The van der Waals surface area contributed by atoms with Crippen LogP contribution in [-0.4, -0.2) is 10.1 Å². The van der Waals surface area contributed by atoms with Crippen molar-refractivity contribution in [2.24, 2.45) is 0 Å². The molecule has 0 fully saturated rings. The Bertz CT molecular complexity index is 826. The number of rotatable bonds is 2. The van der Waals surface area contributed by atoms with Crippen molar-refractivity contribution in [2.75, 3.05) is 0 Å². The monoisotopic (exact) mass is 323 g/mol. The summed E-state index contributed by atoms with van der Waals surface area (Å²) in [6, 6.07) is 6.76. The topological polar surface area (TPSA) is 33.1 Å². The van der Waals surface area contributed by atoms with Gasteiger partial charge < -0.3 is 5.11 Å². The second-order valence-corrected chi connectivity index (χ2v) is 5.73. The van der Waals surface area contributed by atoms with E-state index in [-0.39, 0.29) is 16.6 Å². The van der Waals surface area contributed by atoms with Gasteiger partial charge >= 0.3 is 6.18 Å². The van der Waals surface area contributed by atoms with E-state index in [0.29, 0.717) is 16.5 Å². The largest absolute Gasteiger partial charge is 0.433 e. The third kappa shape index (κ3) is 2.38. The number of para-hydroxylation sites is 1. The molecule has 3 rings (SSSR count). The molecule has 0 aliphatic carbocycles. The van der Waals surface area contributed by atoms with Gasteiger partial charge in [0.1, 0.15) is 0 Å². The number of hydrogen-bond acceptors (Lipinski definition) is 3. The lowest BCUT2D eigenvalue weighted by Crippen LogP contribution is -2.13. The van der Waals surface area contributed by atoms with E-state index in [1.165, 1.54) is 11.3 Å². The Balaban J connectivity index is 2.50. The summed E-state index contributed by atoms with van der Waals surface area (Å²) in [7, 11) is 0. The van der Waals surface area contributed by atoms with E-state index in [1.54, 1.807) is 41.9 Å². The van der Waals surface area contributed by atoms with Crippen LogP contribution in [0.2, 0.25) is 0 Å². The fourth-order valence-electron chi connectivity index (χ4n) is 2.58. The first-order valence-corrected chi connectivity index (χ1v) is 7.50. The normalized spacial score (nSPS) is 12.0. The predicted octanol–water partition coefficient (Wildman–Crippen LogP) is 4.78. The lowest BCUT2D eigenvalue weighted by Gasteiger charge is -2.18. The van der Waals surface area contributed by atoms with E-state index >= 15 is 0 Å². The standard InChI is InChI=1S/C16H12F3NOS/c1-9-3-2-4-11-12(7-21)13(10-5-6-22-8-10)15(16(17,18)19)20-14(9)11/h2-6,8,21H,7H2,1H3. The van der Waals surface area contributed by atoms with Crippen molar-refractivity contribution in [3.8, 4) is 11.1 Å². The van der Waals surface area contributed by atoms with Gasteiger partial charge in [-0.25, -0.2) is 4.98 Å². The highest BCUT2D eigenvalue weighted by Gasteiger charge is 2.37. The van der Waals surface area contributed by atoms with Crippen molar-refractivity contribution >= 4 is 22.2 Å². The minimum atomic E-state index is -4.59. The first kappa shape index (κ1) is 15.0. The number of aromatic nitrogens is 1. The van der Waals surface area contributed by atoms with Gasteiger partial charge in [0.2, 0.25) is 0 Å². The van der Waals surface area contributed by atoms with Crippen LogP contribution in [-0.2, 0) is 12.8 Å². The van der Waals surface area contributed by atoms with Crippen molar-refractivity contribution in [1.82, 2.24) is 4.98 Å². The molecule has 114 valence electrons. The molecule has 1 aromatic carbocycles. The lowest BCUT2D eigenvalue weighted by atomic mass is 9.95. The molecule has 22 heavy (non-hydrogen) atoms. The van der Waals surface area contributed by atoms with Gasteiger partial charge in [0.25, 0.3) is 0 Å². The fourth-order valence-corrected chi connectivity index (χ4v) is 3.23. The summed E-state index contributed by atoms with van der Waals surface area (Å²) in [5.74, 6) is 0. The Morgan fingerprint density at radius 1 is 1.23 bits per heavy atom. The van der Waals surface area contributed by atoms with Crippen LogP contribution in [0, 0.1) is 6.92 Å². The molecule has 0 amide bonds. The van der Waals surface area contributed by atoms with Crippen LogP contribution < -0.4 is 0 Å². The number of nitrogens with zero attached hydrogens (tertiary/aromatic N) is 1. The van der Waals surface area contributed by atoms with Crippen LogP contribution in [0.5, 0.6) is 0 Å². The molecule has 2 heterocycles. The highest BCUT2D eigenvalue weighted by molar-refractivity contribution is 7.08. The second-order valence-electron chi connectivity index (χ2n) is 4.95. The average Bonchev–Trinajstić information content (AvgIpc) is 2.98. The van der Waals surface area contributed by atoms with Crippen LogP contribution >= 0.6 is 11.3 Å². The predicted molar refractivity (Wildman–Crippen MR) is 80.7 cm³/mol. The number of aliphatic hydroxyl groups excluding tert-OH is 1. The van der Waals surface area contributed by atoms with Gasteiger partial charge in [0.05, 0.1) is 12.1 Å². The van der Waals surface area contributed by atoms with E-state index in [4.69, 9.17) is 0 Å². The zero-order chi connectivity index (χ0) is 15.9. The summed E-state index contributed by atoms with van der Waals surface area (Å²) in [5.41, 5.74) is 0.634. The van der Waals surface area contributed by atoms with Crippen LogP contribution in [0.15, 0.2) is 35.0 Å². The van der Waals surface area contributed by atoms with Gasteiger partial charge in [-0.05, 0) is 40.4 Å². The molecule has 0 unspecified atom stereocenters. The Morgan fingerprint density at radius 2 is 2.00 bits per heavy atom. The molecule has 6 heteroatoms. The minimum absolute atomic E-state index is 0.0330. The molecule has 2 aromatic heterocycles. The molecule has 0 bridgehead atoms. The quantitative estimate of drug-likeness (QED) is 0.736. The van der Waals surface area contributed by atoms with Crippen molar-refractivity contribution in [3.63, 3.8) is 0 Å². The van der Waals surface area contributed by atoms with E-state index in [1.807, 2.05) is 0 Å². The number of pyridine rings is 1. The third-order valence-electron chi connectivity index (χ3n) is 3.56. The second kappa shape index (κ2) is 5.37. The molecule has 1 N–H and O–H groups in total. The maximum Gasteiger partial charge on any atom is 0.433 e. The number of aryl methyl sites for hydroxylation is 1. The molecular formula is C16H12F3NOS. The van der Waals surface area contributed by atoms with Gasteiger partial charge in [-0.15, -0.1) is 0 Å². The Kier molecular flexibility index (Phi) is 3.66. The van der Waals surface area contributed by atoms with Crippen molar-refractivity contribution in [3.05, 3.63) is 51.8 Å². The van der Waals surface area contributed by atoms with Gasteiger partial charge in [0, 0.05) is 10.9 Å². The van der Waals surface area contributed by atoms with E-state index in [0.717, 1.165) is 0 Å². The molecule has 0 atom stereocenters. The smallest absolute Gasteiger partial charge is 0.392 e. The zero-order valence-electron chi connectivity index (χ0n) is 11.6. The number of alkyl halides is 3. The SMILES string of the molecule is Cc1cccc2c(CO)c(-c3ccsc3)c(C(F)(F)F)nc12. The molecule has 2 nitrogen and oxygen atoms in total. The summed E-state index contributed by atoms with van der Waals surface area (Å²) in [4.78, 5) is 3.88. The molecule has 0 saturated heterocycles. The highest BCUT2D eigenvalue weighted by Crippen LogP contribution is 2.41. The van der Waals surface area contributed by atoms with Gasteiger partial charge in [0.15, 0.2) is 5.69 Å². The molecular weight excluding hydrogens is 311 g/mol. The Labute approximate surface area is 128 Å². The summed E-state index contributed by atoms with van der Waals surface area (Å²) in [6.07, 6.45) is -4.59. The first-order chi connectivity index (χ1) is 10.4. The summed E-state index contributed by atoms with van der Waals surface area (Å²) >= 11 is 1.30. The number of halogens is 3. The van der Waals surface area contributed by atoms with Crippen LogP contribution in [0.3, 0.4) is 0 Å². The summed E-state index contributed by atoms with van der Waals surface area (Å²) in [5, 5.41) is 13.6. The lowest BCUT2D eigenvalue weighted by molar-refractivity contribution is -0.140. The maximum absolute atomic E-state index is 13.5. The average molecular weight is 323 g/mol. The van der Waals surface area contributed by atoms with E-state index < -0.39 is 18.5 Å². The molecule has 0 aliphatic rings. The third-order valence-corrected chi connectivity index (χ3v) is 4.24. The molecule has 0 radical (unpaired) electrons. The van der Waals surface area contributed by atoms with Crippen LogP contribution in [0.25, 0.3) is 22.0 Å². The summed E-state index contributed by atoms with van der Waals surface area (Å²) in [6.45, 7) is 1.23. The number of fused-ring (bicyclic) bond motifs is 1. The minimum Gasteiger partial charge on any atom is -0.392 e. The molecule has 0 aliphatic heterocycles. The van der Waals surface area contributed by atoms with Gasteiger partial charge in [-0.2, -0.15) is 24.5 Å². The highest BCUT2D eigenvalue weighted by atomic mass is 32.1. The number of thiophene rings is 1. The van der Waals surface area contributed by atoms with Gasteiger partial charge in [-0.1, -0.05) is 18.2 Å². The van der Waals surface area contributed by atoms with E-state index in [9.17, 15) is 18.3 Å². The molecule has 0 spiro atoms. The van der Waals surface area contributed by atoms with Crippen molar-refractivity contribution in [2.45, 2.75) is 19.7 Å². The first-order valence-electron chi connectivity index (χ1n) is 6.56. The maximum atomic E-state index is 13.5. The van der Waals surface area contributed by atoms with Crippen LogP contribution in [0.1, 0.15) is 16.8 Å². The van der Waals surface area contributed by atoms with Crippen LogP contribution in [0.4, 0.5) is 13.2 Å². The Hall–Kier alpha value is -1.92. The molecule has 3 aromatic rings.